The van der Waals surface area contributed by atoms with Crippen molar-refractivity contribution in [3.8, 4) is 0 Å². The van der Waals surface area contributed by atoms with Crippen LogP contribution in [0.5, 0.6) is 0 Å². The van der Waals surface area contributed by atoms with Crippen molar-refractivity contribution in [1.29, 1.82) is 0 Å². The molecule has 2 bridgehead atoms. The van der Waals surface area contributed by atoms with Gasteiger partial charge < -0.3 is 14.0 Å². The Morgan fingerprint density at radius 2 is 1.55 bits per heavy atom. The van der Waals surface area contributed by atoms with Gasteiger partial charge in [0.25, 0.3) is 0 Å². The third kappa shape index (κ3) is 2.75. The van der Waals surface area contributed by atoms with E-state index in [0.29, 0.717) is 5.56 Å². The molecule has 0 amide bonds. The molecule has 0 radical (unpaired) electrons. The van der Waals surface area contributed by atoms with Crippen LogP contribution in [-0.2, 0) is 24.3 Å². The number of carbonyl (C=O) groups excluding carboxylic acids is 2. The minimum atomic E-state index is -0.551. The molecule has 4 aliphatic rings. The molecule has 1 aromatic rings. The van der Waals surface area contributed by atoms with E-state index in [4.69, 9.17) is 14.0 Å². The van der Waals surface area contributed by atoms with Gasteiger partial charge in [0.1, 0.15) is 0 Å². The van der Waals surface area contributed by atoms with E-state index < -0.39 is 23.7 Å². The first-order valence-electron chi connectivity index (χ1n) is 10.5. The first kappa shape index (κ1) is 20.6. The quantitative estimate of drug-likeness (QED) is 0.420. The lowest BCUT2D eigenvalue weighted by Crippen LogP contribution is -2.76. The molecule has 5 rings (SSSR count). The summed E-state index contributed by atoms with van der Waals surface area (Å²) in [7, 11) is -0.463. The van der Waals surface area contributed by atoms with Gasteiger partial charge in [0.15, 0.2) is 5.78 Å². The Hall–Kier alpha value is -1.66. The fourth-order valence-electron chi connectivity index (χ4n) is 5.35. The average molecular weight is 398 g/mol. The molecule has 29 heavy (non-hydrogen) atoms. The number of Topliss-reactive ketones (excluding diaryl/α,β-unsaturated/α-hetero) is 1. The molecule has 0 spiro atoms. The summed E-state index contributed by atoms with van der Waals surface area (Å²) in [5.41, 5.74) is 0.199. The Balaban J connectivity index is 1.68. The Bertz CT molecular complexity index is 833. The summed E-state index contributed by atoms with van der Waals surface area (Å²) in [5.74, 6) is -0.187. The molecule has 6 heteroatoms. The molecule has 0 aromatic heterocycles. The highest BCUT2D eigenvalue weighted by Crippen LogP contribution is 2.82. The first-order valence-corrected chi connectivity index (χ1v) is 10.5. The van der Waals surface area contributed by atoms with Crippen molar-refractivity contribution in [3.63, 3.8) is 0 Å². The van der Waals surface area contributed by atoms with Gasteiger partial charge in [-0.3, -0.25) is 9.59 Å². The summed E-state index contributed by atoms with van der Waals surface area (Å²) in [4.78, 5) is 24.7. The minimum Gasteiger partial charge on any atom is -0.463 e. The highest BCUT2D eigenvalue weighted by molar-refractivity contribution is 6.50. The number of carbonyl (C=O) groups is 2. The van der Waals surface area contributed by atoms with E-state index in [1.165, 1.54) is 0 Å². The van der Waals surface area contributed by atoms with Crippen molar-refractivity contribution < 1.29 is 23.6 Å². The molecule has 4 fully saturated rings. The lowest BCUT2D eigenvalue weighted by molar-refractivity contribution is -0.207. The van der Waals surface area contributed by atoms with Crippen molar-refractivity contribution in [2.24, 2.45) is 5.41 Å². The topological polar surface area (TPSA) is 61.8 Å². The molecule has 156 valence electrons. The molecule has 3 saturated carbocycles. The van der Waals surface area contributed by atoms with Gasteiger partial charge in [0.05, 0.1) is 22.7 Å². The van der Waals surface area contributed by atoms with E-state index >= 15 is 0 Å². The monoisotopic (exact) mass is 398 g/mol. The lowest BCUT2D eigenvalue weighted by atomic mass is 9.20. The zero-order valence-corrected chi connectivity index (χ0v) is 18.5. The zero-order valence-electron chi connectivity index (χ0n) is 18.5. The van der Waals surface area contributed by atoms with Gasteiger partial charge in [-0.15, -0.1) is 0 Å². The van der Waals surface area contributed by atoms with Crippen LogP contribution in [0.4, 0.5) is 0 Å². The number of esters is 1. The number of hydrogen-bond donors (Lipinski definition) is 0. The van der Waals surface area contributed by atoms with Gasteiger partial charge in [-0.1, -0.05) is 24.3 Å². The van der Waals surface area contributed by atoms with E-state index in [0.717, 1.165) is 18.4 Å². The molecule has 1 aliphatic heterocycles. The molecule has 1 saturated heterocycles. The van der Waals surface area contributed by atoms with Crippen molar-refractivity contribution in [2.75, 3.05) is 0 Å². The number of ether oxygens (including phenoxy) is 1. The largest absolute Gasteiger partial charge is 0.463 e. The summed E-state index contributed by atoms with van der Waals surface area (Å²) in [6, 6.07) is 7.79. The molecule has 0 N–H and O–H groups in total. The normalized spacial score (nSPS) is 33.8. The highest BCUT2D eigenvalue weighted by atomic mass is 16.7. The summed E-state index contributed by atoms with van der Waals surface area (Å²) in [6.07, 6.45) is 1.32. The summed E-state index contributed by atoms with van der Waals surface area (Å²) < 4.78 is 18.4. The standard InChI is InChI=1S/C23H31BO5/c1-14(2)27-19(26)23-12-22(13-23,17-10-8-16(9-11-17)15(3)25)18(23)24-28-20(4,5)21(6,7)29-24/h8-11,14,18H,12-13H2,1-7H3. The Labute approximate surface area is 173 Å². The van der Waals surface area contributed by atoms with Crippen molar-refractivity contribution in [1.82, 2.24) is 0 Å². The van der Waals surface area contributed by atoms with Crippen LogP contribution in [0.15, 0.2) is 24.3 Å². The van der Waals surface area contributed by atoms with E-state index in [2.05, 4.69) is 0 Å². The van der Waals surface area contributed by atoms with Gasteiger partial charge in [-0.05, 0) is 72.3 Å². The van der Waals surface area contributed by atoms with Crippen LogP contribution in [0.2, 0.25) is 5.82 Å². The van der Waals surface area contributed by atoms with Crippen molar-refractivity contribution in [3.05, 3.63) is 35.4 Å². The fourth-order valence-corrected chi connectivity index (χ4v) is 5.35. The van der Waals surface area contributed by atoms with Gasteiger partial charge in [0, 0.05) is 11.4 Å². The highest BCUT2D eigenvalue weighted by Gasteiger charge is 2.84. The van der Waals surface area contributed by atoms with Crippen LogP contribution in [0, 0.1) is 5.41 Å². The maximum absolute atomic E-state index is 13.0. The molecule has 1 atom stereocenters. The van der Waals surface area contributed by atoms with Gasteiger partial charge in [-0.2, -0.15) is 0 Å². The third-order valence-corrected chi connectivity index (χ3v) is 7.61. The number of benzene rings is 1. The van der Waals surface area contributed by atoms with Crippen LogP contribution in [-0.4, -0.2) is 36.2 Å². The van der Waals surface area contributed by atoms with Crippen LogP contribution < -0.4 is 0 Å². The predicted molar refractivity (Wildman–Crippen MR) is 111 cm³/mol. The zero-order chi connectivity index (χ0) is 21.4. The number of hydrogen-bond acceptors (Lipinski definition) is 5. The smallest absolute Gasteiger partial charge is 0.463 e. The summed E-state index contributed by atoms with van der Waals surface area (Å²) in [6.45, 7) is 13.5. The SMILES string of the molecule is CC(=O)c1ccc(C23CC(C(=O)OC(C)C)(C2)C3B2OC(C)(C)C(C)(C)O2)cc1. The third-order valence-electron chi connectivity index (χ3n) is 7.61. The number of rotatable bonds is 5. The van der Waals surface area contributed by atoms with Crippen molar-refractivity contribution in [2.45, 2.75) is 89.8 Å². The van der Waals surface area contributed by atoms with Gasteiger partial charge in [0.2, 0.25) is 0 Å². The number of ketones is 1. The second-order valence-electron chi connectivity index (χ2n) is 10.4. The van der Waals surface area contributed by atoms with E-state index in [9.17, 15) is 9.59 Å². The maximum atomic E-state index is 13.0. The molecular formula is C23H31BO5. The van der Waals surface area contributed by atoms with Gasteiger partial charge >= 0.3 is 13.1 Å². The van der Waals surface area contributed by atoms with Crippen LogP contribution in [0.3, 0.4) is 0 Å². The van der Waals surface area contributed by atoms with Crippen LogP contribution >= 0.6 is 0 Å². The Morgan fingerprint density at radius 3 is 2.00 bits per heavy atom. The summed E-state index contributed by atoms with van der Waals surface area (Å²) in [5, 5.41) is 0. The van der Waals surface area contributed by atoms with Crippen LogP contribution in [0.1, 0.15) is 77.2 Å². The molecule has 3 aliphatic carbocycles. The van der Waals surface area contributed by atoms with Crippen molar-refractivity contribution >= 4 is 18.9 Å². The first-order chi connectivity index (χ1) is 13.3. The molecular weight excluding hydrogens is 367 g/mol. The summed E-state index contributed by atoms with van der Waals surface area (Å²) >= 11 is 0. The second kappa shape index (κ2) is 6.18. The molecule has 5 nitrogen and oxygen atoms in total. The van der Waals surface area contributed by atoms with E-state index in [1.54, 1.807) is 6.92 Å². The maximum Gasteiger partial charge on any atom is 0.463 e. The second-order valence-corrected chi connectivity index (χ2v) is 10.4. The predicted octanol–water partition coefficient (Wildman–Crippen LogP) is 4.33. The van der Waals surface area contributed by atoms with E-state index in [-0.39, 0.29) is 29.1 Å². The lowest BCUT2D eigenvalue weighted by Gasteiger charge is -2.75. The molecule has 1 unspecified atom stereocenters. The minimum absolute atomic E-state index is 0.0497. The van der Waals surface area contributed by atoms with Gasteiger partial charge in [-0.25, -0.2) is 0 Å². The van der Waals surface area contributed by atoms with Crippen LogP contribution in [0.25, 0.3) is 0 Å². The van der Waals surface area contributed by atoms with E-state index in [1.807, 2.05) is 65.8 Å². The fraction of sp³-hybridized carbons (Fsp3) is 0.652. The average Bonchev–Trinajstić information content (AvgIpc) is 2.71. The molecule has 1 heterocycles. The molecule has 1 aromatic carbocycles. The Morgan fingerprint density at radius 1 is 1.03 bits per heavy atom. The Kier molecular flexibility index (Phi) is 4.39.